The Kier molecular flexibility index (Phi) is 5.25. The lowest BCUT2D eigenvalue weighted by molar-refractivity contribution is 1.05. The second kappa shape index (κ2) is 7.57. The number of thiocarbonyl (C=S) groups is 1. The van der Waals surface area contributed by atoms with Gasteiger partial charge in [0.25, 0.3) is 0 Å². The van der Waals surface area contributed by atoms with Crippen LogP contribution in [0.25, 0.3) is 10.9 Å². The van der Waals surface area contributed by atoms with Crippen LogP contribution >= 0.6 is 35.4 Å². The molecule has 0 saturated heterocycles. The standard InChI is InChI=1S/C17H12Cl2N4S/c18-13-4-6-16(14(19)9-13)22-17(24)23-21-10-11-3-5-15-12(8-11)2-1-7-20-15/h1-10H,(H2,22,23,24). The zero-order valence-electron chi connectivity index (χ0n) is 12.3. The van der Waals surface area contributed by atoms with Crippen molar-refractivity contribution in [2.75, 3.05) is 5.32 Å². The molecule has 3 rings (SSSR count). The van der Waals surface area contributed by atoms with E-state index in [9.17, 15) is 0 Å². The van der Waals surface area contributed by atoms with Crippen LogP contribution in [-0.2, 0) is 0 Å². The smallest absolute Gasteiger partial charge is 0.191 e. The van der Waals surface area contributed by atoms with Crippen LogP contribution in [0.3, 0.4) is 0 Å². The summed E-state index contributed by atoms with van der Waals surface area (Å²) in [5.74, 6) is 0. The quantitative estimate of drug-likeness (QED) is 0.390. The van der Waals surface area contributed by atoms with Crippen LogP contribution in [0.2, 0.25) is 10.0 Å². The van der Waals surface area contributed by atoms with Crippen molar-refractivity contribution in [2.24, 2.45) is 5.10 Å². The number of halogens is 2. The molecule has 1 heterocycles. The van der Waals surface area contributed by atoms with Crippen molar-refractivity contribution in [2.45, 2.75) is 0 Å². The number of benzene rings is 2. The minimum absolute atomic E-state index is 0.331. The molecule has 0 unspecified atom stereocenters. The molecule has 0 radical (unpaired) electrons. The van der Waals surface area contributed by atoms with Crippen molar-refractivity contribution >= 4 is 63.3 Å². The van der Waals surface area contributed by atoms with E-state index in [1.807, 2.05) is 30.3 Å². The number of nitrogens with one attached hydrogen (secondary N) is 2. The topological polar surface area (TPSA) is 49.3 Å². The van der Waals surface area contributed by atoms with E-state index in [2.05, 4.69) is 20.8 Å². The molecule has 0 aliphatic heterocycles. The highest BCUT2D eigenvalue weighted by Gasteiger charge is 2.02. The van der Waals surface area contributed by atoms with Crippen molar-refractivity contribution in [3.8, 4) is 0 Å². The van der Waals surface area contributed by atoms with E-state index in [0.29, 0.717) is 20.8 Å². The van der Waals surface area contributed by atoms with Crippen LogP contribution in [0.15, 0.2) is 59.8 Å². The molecule has 2 aromatic carbocycles. The molecular formula is C17H12Cl2N4S. The Hall–Kier alpha value is -2.21. The minimum atomic E-state index is 0.331. The molecule has 4 nitrogen and oxygen atoms in total. The first kappa shape index (κ1) is 16.6. The van der Waals surface area contributed by atoms with Crippen LogP contribution in [0.4, 0.5) is 5.69 Å². The number of hydrazone groups is 1. The van der Waals surface area contributed by atoms with E-state index < -0.39 is 0 Å². The summed E-state index contributed by atoms with van der Waals surface area (Å²) in [5, 5.41) is 9.51. The van der Waals surface area contributed by atoms with Crippen LogP contribution in [0.5, 0.6) is 0 Å². The molecule has 120 valence electrons. The predicted molar refractivity (Wildman–Crippen MR) is 105 cm³/mol. The highest BCUT2D eigenvalue weighted by Crippen LogP contribution is 2.25. The maximum Gasteiger partial charge on any atom is 0.191 e. The Morgan fingerprint density at radius 3 is 2.83 bits per heavy atom. The Labute approximate surface area is 154 Å². The monoisotopic (exact) mass is 374 g/mol. The van der Waals surface area contributed by atoms with Crippen LogP contribution < -0.4 is 10.7 Å². The van der Waals surface area contributed by atoms with Gasteiger partial charge in [0, 0.05) is 16.6 Å². The molecular weight excluding hydrogens is 363 g/mol. The minimum Gasteiger partial charge on any atom is -0.330 e. The SMILES string of the molecule is S=C(NN=Cc1ccc2ncccc2c1)Nc1ccc(Cl)cc1Cl. The number of pyridine rings is 1. The van der Waals surface area contributed by atoms with Gasteiger partial charge in [0.2, 0.25) is 0 Å². The Bertz CT molecular complexity index is 927. The van der Waals surface area contributed by atoms with Gasteiger partial charge < -0.3 is 5.32 Å². The third-order valence-electron chi connectivity index (χ3n) is 3.19. The van der Waals surface area contributed by atoms with Crippen molar-refractivity contribution in [3.63, 3.8) is 0 Å². The van der Waals surface area contributed by atoms with Crippen molar-refractivity contribution in [1.29, 1.82) is 0 Å². The summed E-state index contributed by atoms with van der Waals surface area (Å²) in [6.07, 6.45) is 3.45. The second-order valence-electron chi connectivity index (χ2n) is 4.90. The van der Waals surface area contributed by atoms with E-state index >= 15 is 0 Å². The number of anilines is 1. The predicted octanol–water partition coefficient (Wildman–Crippen LogP) is 4.86. The van der Waals surface area contributed by atoms with Gasteiger partial charge in [-0.3, -0.25) is 10.4 Å². The van der Waals surface area contributed by atoms with Gasteiger partial charge in [-0.15, -0.1) is 0 Å². The molecule has 1 aromatic heterocycles. The van der Waals surface area contributed by atoms with Crippen molar-refractivity contribution in [1.82, 2.24) is 10.4 Å². The average Bonchev–Trinajstić information content (AvgIpc) is 2.57. The Balaban J connectivity index is 1.63. The van der Waals surface area contributed by atoms with E-state index in [-0.39, 0.29) is 0 Å². The third-order valence-corrected chi connectivity index (χ3v) is 3.93. The van der Waals surface area contributed by atoms with Gasteiger partial charge in [-0.2, -0.15) is 5.10 Å². The number of fused-ring (bicyclic) bond motifs is 1. The first-order chi connectivity index (χ1) is 11.6. The first-order valence-corrected chi connectivity index (χ1v) is 8.18. The summed E-state index contributed by atoms with van der Waals surface area (Å²) >= 11 is 17.1. The molecule has 3 aromatic rings. The zero-order chi connectivity index (χ0) is 16.9. The highest BCUT2D eigenvalue weighted by atomic mass is 35.5. The summed E-state index contributed by atoms with van der Waals surface area (Å²) in [6, 6.07) is 14.9. The largest absolute Gasteiger partial charge is 0.330 e. The van der Waals surface area contributed by atoms with E-state index in [1.165, 1.54) is 0 Å². The third kappa shape index (κ3) is 4.20. The van der Waals surface area contributed by atoms with Gasteiger partial charge in [0.15, 0.2) is 5.11 Å². The zero-order valence-corrected chi connectivity index (χ0v) is 14.7. The molecule has 0 bridgehead atoms. The average molecular weight is 375 g/mol. The maximum atomic E-state index is 6.08. The number of hydrogen-bond donors (Lipinski definition) is 2. The lowest BCUT2D eigenvalue weighted by Gasteiger charge is -2.08. The lowest BCUT2D eigenvalue weighted by Crippen LogP contribution is -2.24. The molecule has 0 aliphatic carbocycles. The fourth-order valence-corrected chi connectivity index (χ4v) is 2.70. The van der Waals surface area contributed by atoms with Gasteiger partial charge in [-0.25, -0.2) is 0 Å². The van der Waals surface area contributed by atoms with Gasteiger partial charge >= 0.3 is 0 Å². The van der Waals surface area contributed by atoms with Gasteiger partial charge in [-0.1, -0.05) is 35.3 Å². The summed E-state index contributed by atoms with van der Waals surface area (Å²) in [4.78, 5) is 4.28. The molecule has 2 N–H and O–H groups in total. The normalized spacial score (nSPS) is 10.9. The fraction of sp³-hybridized carbons (Fsp3) is 0. The van der Waals surface area contributed by atoms with Crippen molar-refractivity contribution in [3.05, 3.63) is 70.3 Å². The van der Waals surface area contributed by atoms with Crippen LogP contribution in [-0.4, -0.2) is 16.3 Å². The molecule has 0 amide bonds. The molecule has 24 heavy (non-hydrogen) atoms. The maximum absolute atomic E-state index is 6.08. The van der Waals surface area contributed by atoms with Gasteiger partial charge in [0.05, 0.1) is 22.4 Å². The van der Waals surface area contributed by atoms with Crippen LogP contribution in [0.1, 0.15) is 5.56 Å². The molecule has 0 atom stereocenters. The van der Waals surface area contributed by atoms with Gasteiger partial charge in [-0.05, 0) is 54.2 Å². The second-order valence-corrected chi connectivity index (χ2v) is 6.16. The molecule has 0 saturated carbocycles. The first-order valence-electron chi connectivity index (χ1n) is 7.02. The summed E-state index contributed by atoms with van der Waals surface area (Å²) < 4.78 is 0. The fourth-order valence-electron chi connectivity index (χ4n) is 2.08. The van der Waals surface area contributed by atoms with E-state index in [1.54, 1.807) is 30.6 Å². The number of rotatable bonds is 3. The van der Waals surface area contributed by atoms with E-state index in [0.717, 1.165) is 16.5 Å². The molecule has 7 heteroatoms. The Morgan fingerprint density at radius 1 is 1.12 bits per heavy atom. The molecule has 0 fully saturated rings. The number of aromatic nitrogens is 1. The summed E-state index contributed by atoms with van der Waals surface area (Å²) in [5.41, 5.74) is 5.29. The number of nitrogens with zero attached hydrogens (tertiary/aromatic N) is 2. The van der Waals surface area contributed by atoms with Crippen molar-refractivity contribution < 1.29 is 0 Å². The molecule has 0 spiro atoms. The molecule has 0 aliphatic rings. The summed E-state index contributed by atoms with van der Waals surface area (Å²) in [7, 11) is 0. The Morgan fingerprint density at radius 2 is 2.00 bits per heavy atom. The van der Waals surface area contributed by atoms with Crippen LogP contribution in [0, 0.1) is 0 Å². The van der Waals surface area contributed by atoms with E-state index in [4.69, 9.17) is 35.4 Å². The lowest BCUT2D eigenvalue weighted by atomic mass is 10.1. The highest BCUT2D eigenvalue weighted by molar-refractivity contribution is 7.80. The summed E-state index contributed by atoms with van der Waals surface area (Å²) in [6.45, 7) is 0. The number of hydrogen-bond acceptors (Lipinski definition) is 3. The van der Waals surface area contributed by atoms with Gasteiger partial charge in [0.1, 0.15) is 0 Å².